The van der Waals surface area contributed by atoms with Gasteiger partial charge >= 0.3 is 5.97 Å². The third-order valence-corrected chi connectivity index (χ3v) is 2.26. The number of rotatable bonds is 5. The minimum absolute atomic E-state index is 0.0962. The molecule has 0 aliphatic rings. The molecular weight excluding hydrogens is 274 g/mol. The van der Waals surface area contributed by atoms with Crippen LogP contribution in [0.4, 0.5) is 0 Å². The Hall–Kier alpha value is -1.36. The van der Waals surface area contributed by atoms with Crippen LogP contribution in [0, 0.1) is 0 Å². The van der Waals surface area contributed by atoms with Crippen molar-refractivity contribution in [3.8, 4) is 0 Å². The van der Waals surface area contributed by atoms with Crippen LogP contribution in [0.2, 0.25) is 0 Å². The van der Waals surface area contributed by atoms with Gasteiger partial charge in [0.05, 0.1) is 0 Å². The fourth-order valence-electron chi connectivity index (χ4n) is 1.03. The molecule has 5 heteroatoms. The van der Waals surface area contributed by atoms with Crippen molar-refractivity contribution < 1.29 is 14.3 Å². The maximum atomic E-state index is 11.2. The van der Waals surface area contributed by atoms with E-state index in [0.717, 1.165) is 5.56 Å². The first kappa shape index (κ1) is 12.7. The molecule has 0 atom stereocenters. The molecule has 16 heavy (non-hydrogen) atoms. The monoisotopic (exact) mass is 285 g/mol. The quantitative estimate of drug-likeness (QED) is 0.654. The fourth-order valence-corrected chi connectivity index (χ4v) is 1.19. The van der Waals surface area contributed by atoms with E-state index in [1.165, 1.54) is 0 Å². The van der Waals surface area contributed by atoms with Crippen molar-refractivity contribution in [3.63, 3.8) is 0 Å². The molecule has 0 aromatic heterocycles. The van der Waals surface area contributed by atoms with Crippen LogP contribution >= 0.6 is 15.9 Å². The summed E-state index contributed by atoms with van der Waals surface area (Å²) in [6.45, 7) is 0.197. The number of halogens is 1. The van der Waals surface area contributed by atoms with Gasteiger partial charge in [0.15, 0.2) is 6.61 Å². The summed E-state index contributed by atoms with van der Waals surface area (Å²) >= 11 is 2.93. The minimum Gasteiger partial charge on any atom is -0.455 e. The number of benzene rings is 1. The van der Waals surface area contributed by atoms with Crippen LogP contribution in [0.15, 0.2) is 30.3 Å². The molecule has 0 spiro atoms. The number of hydrogen-bond acceptors (Lipinski definition) is 3. The van der Waals surface area contributed by atoms with Crippen LogP contribution in [0.1, 0.15) is 5.56 Å². The first-order valence-corrected chi connectivity index (χ1v) is 5.86. The highest BCUT2D eigenvalue weighted by Crippen LogP contribution is 1.96. The molecule has 1 aromatic carbocycles. The molecule has 86 valence electrons. The van der Waals surface area contributed by atoms with E-state index in [-0.39, 0.29) is 17.8 Å². The SMILES string of the molecule is O=C(COC(=O)CBr)NCc1ccccc1. The van der Waals surface area contributed by atoms with Crippen molar-refractivity contribution >= 4 is 27.8 Å². The average Bonchev–Trinajstić information content (AvgIpc) is 2.34. The summed E-state index contributed by atoms with van der Waals surface area (Å²) in [5.41, 5.74) is 1.00. The van der Waals surface area contributed by atoms with Gasteiger partial charge in [-0.25, -0.2) is 0 Å². The molecule has 0 aliphatic carbocycles. The second-order valence-electron chi connectivity index (χ2n) is 3.06. The fraction of sp³-hybridized carbons (Fsp3) is 0.273. The number of carbonyl (C=O) groups excluding carboxylic acids is 2. The molecule has 1 N–H and O–H groups in total. The second-order valence-corrected chi connectivity index (χ2v) is 3.62. The Labute approximate surface area is 102 Å². The molecule has 0 saturated carbocycles. The van der Waals surface area contributed by atoms with Gasteiger partial charge in [-0.15, -0.1) is 0 Å². The molecule has 0 unspecified atom stereocenters. The van der Waals surface area contributed by atoms with Gasteiger partial charge in [0.1, 0.15) is 5.33 Å². The highest BCUT2D eigenvalue weighted by molar-refractivity contribution is 9.09. The summed E-state index contributed by atoms with van der Waals surface area (Å²) in [4.78, 5) is 22.0. The predicted octanol–water partition coefficient (Wildman–Crippen LogP) is 1.24. The molecule has 4 nitrogen and oxygen atoms in total. The first-order chi connectivity index (χ1) is 7.72. The van der Waals surface area contributed by atoms with Gasteiger partial charge in [-0.3, -0.25) is 9.59 Å². The lowest BCUT2D eigenvalue weighted by Gasteiger charge is -2.05. The number of ether oxygens (including phenoxy) is 1. The number of esters is 1. The van der Waals surface area contributed by atoms with Gasteiger partial charge in [-0.1, -0.05) is 46.3 Å². The first-order valence-electron chi connectivity index (χ1n) is 4.74. The van der Waals surface area contributed by atoms with Crippen LogP contribution in [-0.4, -0.2) is 23.8 Å². The number of nitrogens with one attached hydrogen (secondary N) is 1. The summed E-state index contributed by atoms with van der Waals surface area (Å²) in [6, 6.07) is 9.51. The molecule has 0 fully saturated rings. The van der Waals surface area contributed by atoms with Gasteiger partial charge in [0.25, 0.3) is 5.91 Å². The Bertz CT molecular complexity index is 354. The lowest BCUT2D eigenvalue weighted by molar-refractivity contribution is -0.145. The van der Waals surface area contributed by atoms with Crippen LogP contribution in [0.5, 0.6) is 0 Å². The molecule has 0 radical (unpaired) electrons. The van der Waals surface area contributed by atoms with Gasteiger partial charge in [0.2, 0.25) is 0 Å². The third-order valence-electron chi connectivity index (χ3n) is 1.81. The smallest absolute Gasteiger partial charge is 0.317 e. The Morgan fingerprint density at radius 2 is 1.94 bits per heavy atom. The van der Waals surface area contributed by atoms with Crippen LogP contribution in [-0.2, 0) is 20.9 Å². The zero-order valence-corrected chi connectivity index (χ0v) is 10.2. The largest absolute Gasteiger partial charge is 0.455 e. The van der Waals surface area contributed by atoms with Crippen LogP contribution < -0.4 is 5.32 Å². The van der Waals surface area contributed by atoms with E-state index < -0.39 is 5.97 Å². The van der Waals surface area contributed by atoms with E-state index in [1.807, 2.05) is 30.3 Å². The van der Waals surface area contributed by atoms with Gasteiger partial charge in [0, 0.05) is 6.54 Å². The van der Waals surface area contributed by atoms with Crippen molar-refractivity contribution in [3.05, 3.63) is 35.9 Å². The third kappa shape index (κ3) is 4.93. The molecule has 0 aliphatic heterocycles. The Morgan fingerprint density at radius 1 is 1.25 bits per heavy atom. The van der Waals surface area contributed by atoms with Crippen molar-refractivity contribution in [1.82, 2.24) is 5.32 Å². The number of hydrogen-bond donors (Lipinski definition) is 1. The lowest BCUT2D eigenvalue weighted by Crippen LogP contribution is -2.28. The normalized spacial score (nSPS) is 9.56. The maximum absolute atomic E-state index is 11.2. The lowest BCUT2D eigenvalue weighted by atomic mass is 10.2. The van der Waals surface area contributed by atoms with E-state index >= 15 is 0 Å². The number of alkyl halides is 1. The molecular formula is C11H12BrNO3. The molecule has 1 rings (SSSR count). The standard InChI is InChI=1S/C11H12BrNO3/c12-6-11(15)16-8-10(14)13-7-9-4-2-1-3-5-9/h1-5H,6-8H2,(H,13,14). The van der Waals surface area contributed by atoms with Gasteiger partial charge in [-0.05, 0) is 5.56 Å². The average molecular weight is 286 g/mol. The van der Waals surface area contributed by atoms with E-state index in [9.17, 15) is 9.59 Å². The van der Waals surface area contributed by atoms with Gasteiger partial charge < -0.3 is 10.1 Å². The topological polar surface area (TPSA) is 55.4 Å². The number of amides is 1. The molecule has 0 bridgehead atoms. The highest BCUT2D eigenvalue weighted by Gasteiger charge is 2.05. The van der Waals surface area contributed by atoms with E-state index in [0.29, 0.717) is 6.54 Å². The van der Waals surface area contributed by atoms with Crippen molar-refractivity contribution in [2.24, 2.45) is 0 Å². The predicted molar refractivity (Wildman–Crippen MR) is 63.0 cm³/mol. The molecule has 0 heterocycles. The number of carbonyl (C=O) groups is 2. The zero-order chi connectivity index (χ0) is 11.8. The van der Waals surface area contributed by atoms with Crippen LogP contribution in [0.3, 0.4) is 0 Å². The molecule has 1 amide bonds. The summed E-state index contributed by atoms with van der Waals surface area (Å²) in [6.07, 6.45) is 0. The second kappa shape index (κ2) is 7.00. The van der Waals surface area contributed by atoms with Crippen molar-refractivity contribution in [1.29, 1.82) is 0 Å². The van der Waals surface area contributed by atoms with Crippen molar-refractivity contribution in [2.45, 2.75) is 6.54 Å². The molecule has 1 aromatic rings. The zero-order valence-electron chi connectivity index (χ0n) is 8.61. The van der Waals surface area contributed by atoms with Gasteiger partial charge in [-0.2, -0.15) is 0 Å². The van der Waals surface area contributed by atoms with E-state index in [4.69, 9.17) is 0 Å². The molecule has 0 saturated heterocycles. The Kier molecular flexibility index (Phi) is 5.56. The maximum Gasteiger partial charge on any atom is 0.317 e. The Morgan fingerprint density at radius 3 is 2.56 bits per heavy atom. The summed E-state index contributed by atoms with van der Waals surface area (Å²) < 4.78 is 4.64. The van der Waals surface area contributed by atoms with E-state index in [2.05, 4.69) is 26.0 Å². The summed E-state index contributed by atoms with van der Waals surface area (Å²) in [5, 5.41) is 2.74. The summed E-state index contributed by atoms with van der Waals surface area (Å²) in [7, 11) is 0. The summed E-state index contributed by atoms with van der Waals surface area (Å²) in [5.74, 6) is -0.756. The Balaban J connectivity index is 2.23. The minimum atomic E-state index is -0.449. The van der Waals surface area contributed by atoms with E-state index in [1.54, 1.807) is 0 Å². The van der Waals surface area contributed by atoms with Crippen LogP contribution in [0.25, 0.3) is 0 Å². The van der Waals surface area contributed by atoms with Crippen molar-refractivity contribution in [2.75, 3.05) is 11.9 Å². The highest BCUT2D eigenvalue weighted by atomic mass is 79.9.